The van der Waals surface area contributed by atoms with Gasteiger partial charge in [0.15, 0.2) is 0 Å². The summed E-state index contributed by atoms with van der Waals surface area (Å²) in [4.78, 5) is 28.6. The van der Waals surface area contributed by atoms with Gasteiger partial charge in [-0.2, -0.15) is 0 Å². The van der Waals surface area contributed by atoms with Crippen molar-refractivity contribution < 1.29 is 14.3 Å². The number of rotatable bonds is 6. The molecule has 1 N–H and O–H groups in total. The maximum atomic E-state index is 12.4. The van der Waals surface area contributed by atoms with Crippen molar-refractivity contribution in [3.8, 4) is 5.75 Å². The lowest BCUT2D eigenvalue weighted by atomic mass is 9.82. The van der Waals surface area contributed by atoms with E-state index in [9.17, 15) is 9.59 Å². The van der Waals surface area contributed by atoms with Gasteiger partial charge in [0.25, 0.3) is 5.91 Å². The Morgan fingerprint density at radius 1 is 0.964 bits per heavy atom. The summed E-state index contributed by atoms with van der Waals surface area (Å²) in [6.07, 6.45) is 3.46. The van der Waals surface area contributed by atoms with Crippen LogP contribution in [0.4, 0.5) is 5.69 Å². The Bertz CT molecular complexity index is 937. The number of ether oxygens (including phenoxy) is 1. The first kappa shape index (κ1) is 19.3. The van der Waals surface area contributed by atoms with Gasteiger partial charge in [-0.05, 0) is 42.0 Å². The van der Waals surface area contributed by atoms with E-state index in [4.69, 9.17) is 4.74 Å². The monoisotopic (exact) mass is 374 g/mol. The van der Waals surface area contributed by atoms with Crippen molar-refractivity contribution in [2.24, 2.45) is 0 Å². The van der Waals surface area contributed by atoms with Crippen molar-refractivity contribution in [3.05, 3.63) is 90.3 Å². The van der Waals surface area contributed by atoms with Crippen LogP contribution in [0, 0.1) is 0 Å². The molecule has 0 saturated carbocycles. The van der Waals surface area contributed by atoms with Gasteiger partial charge in [-0.15, -0.1) is 0 Å². The van der Waals surface area contributed by atoms with Gasteiger partial charge in [-0.25, -0.2) is 0 Å². The summed E-state index contributed by atoms with van der Waals surface area (Å²) in [5.41, 5.74) is 1.83. The quantitative estimate of drug-likeness (QED) is 0.505. The number of hydrogen-bond donors (Lipinski definition) is 1. The minimum Gasteiger partial charge on any atom is -0.427 e. The zero-order chi connectivity index (χ0) is 20.0. The van der Waals surface area contributed by atoms with Gasteiger partial charge in [0.1, 0.15) is 5.75 Å². The van der Waals surface area contributed by atoms with Crippen molar-refractivity contribution in [1.29, 1.82) is 0 Å². The van der Waals surface area contributed by atoms with E-state index in [2.05, 4.69) is 10.3 Å². The van der Waals surface area contributed by atoms with Crippen molar-refractivity contribution in [2.75, 3.05) is 5.32 Å². The van der Waals surface area contributed by atoms with Crippen molar-refractivity contribution in [2.45, 2.75) is 25.7 Å². The fraction of sp³-hybridized carbons (Fsp3) is 0.174. The zero-order valence-electron chi connectivity index (χ0n) is 15.9. The normalized spacial score (nSPS) is 10.9. The summed E-state index contributed by atoms with van der Waals surface area (Å²) in [5.74, 6) is -0.163. The molecule has 0 bridgehead atoms. The lowest BCUT2D eigenvalue weighted by Gasteiger charge is -2.24. The van der Waals surface area contributed by atoms with Gasteiger partial charge < -0.3 is 10.1 Å². The second kappa shape index (κ2) is 8.48. The number of nitrogens with one attached hydrogen (secondary N) is 1. The number of nitrogens with zero attached hydrogens (tertiary/aromatic N) is 1. The number of pyridine rings is 1. The zero-order valence-corrected chi connectivity index (χ0v) is 15.9. The van der Waals surface area contributed by atoms with Gasteiger partial charge in [-0.1, -0.05) is 44.2 Å². The van der Waals surface area contributed by atoms with Crippen LogP contribution in [0.1, 0.15) is 36.2 Å². The van der Waals surface area contributed by atoms with E-state index in [1.165, 1.54) is 0 Å². The van der Waals surface area contributed by atoms with Crippen LogP contribution < -0.4 is 10.1 Å². The molecule has 0 aliphatic carbocycles. The van der Waals surface area contributed by atoms with E-state index < -0.39 is 0 Å². The standard InChI is InChI=1S/C23H22N2O3/c1-23(2,18-7-4-3-5-8-18)15-21(26)28-20-12-10-17(11-13-20)22(27)25-19-9-6-14-24-16-19/h3-14,16H,15H2,1-2H3,(H,25,27). The van der Waals surface area contributed by atoms with Crippen LogP contribution in [-0.2, 0) is 10.2 Å². The van der Waals surface area contributed by atoms with E-state index in [1.807, 2.05) is 44.2 Å². The maximum absolute atomic E-state index is 12.4. The molecule has 2 aromatic carbocycles. The summed E-state index contributed by atoms with van der Waals surface area (Å²) in [7, 11) is 0. The van der Waals surface area contributed by atoms with Gasteiger partial charge in [0, 0.05) is 17.2 Å². The SMILES string of the molecule is CC(C)(CC(=O)Oc1ccc(C(=O)Nc2cccnc2)cc1)c1ccccc1. The lowest BCUT2D eigenvalue weighted by molar-refractivity contribution is -0.135. The molecular formula is C23H22N2O3. The number of anilines is 1. The molecular weight excluding hydrogens is 352 g/mol. The Morgan fingerprint density at radius 3 is 2.32 bits per heavy atom. The Hall–Kier alpha value is -3.47. The highest BCUT2D eigenvalue weighted by Crippen LogP contribution is 2.27. The first-order valence-electron chi connectivity index (χ1n) is 9.02. The molecule has 3 aromatic rings. The van der Waals surface area contributed by atoms with Crippen molar-refractivity contribution >= 4 is 17.6 Å². The lowest BCUT2D eigenvalue weighted by Crippen LogP contribution is -2.24. The number of hydrogen-bond acceptors (Lipinski definition) is 4. The number of amides is 1. The third kappa shape index (κ3) is 5.04. The molecule has 0 spiro atoms. The van der Waals surface area contributed by atoms with Crippen LogP contribution in [-0.4, -0.2) is 16.9 Å². The van der Waals surface area contributed by atoms with Gasteiger partial charge in [0.2, 0.25) is 0 Å². The van der Waals surface area contributed by atoms with E-state index in [0.29, 0.717) is 17.0 Å². The van der Waals surface area contributed by atoms with Crippen LogP contribution in [0.3, 0.4) is 0 Å². The fourth-order valence-corrected chi connectivity index (χ4v) is 2.83. The molecule has 1 heterocycles. The average Bonchev–Trinajstić information content (AvgIpc) is 2.69. The molecule has 3 rings (SSSR count). The summed E-state index contributed by atoms with van der Waals surface area (Å²) >= 11 is 0. The van der Waals surface area contributed by atoms with Crippen molar-refractivity contribution in [3.63, 3.8) is 0 Å². The second-order valence-electron chi connectivity index (χ2n) is 7.12. The Balaban J connectivity index is 1.59. The van der Waals surface area contributed by atoms with E-state index in [1.54, 1.807) is 48.8 Å². The molecule has 0 aliphatic heterocycles. The first-order valence-corrected chi connectivity index (χ1v) is 9.02. The third-order valence-electron chi connectivity index (χ3n) is 4.41. The van der Waals surface area contributed by atoms with Crippen LogP contribution in [0.15, 0.2) is 79.1 Å². The Morgan fingerprint density at radius 2 is 1.68 bits per heavy atom. The molecule has 0 radical (unpaired) electrons. The third-order valence-corrected chi connectivity index (χ3v) is 4.41. The van der Waals surface area contributed by atoms with Crippen LogP contribution >= 0.6 is 0 Å². The number of aromatic nitrogens is 1. The number of carbonyl (C=O) groups is 2. The minimum atomic E-state index is -0.331. The molecule has 0 unspecified atom stereocenters. The molecule has 0 saturated heterocycles. The number of benzene rings is 2. The van der Waals surface area contributed by atoms with E-state index in [0.717, 1.165) is 5.56 Å². The highest BCUT2D eigenvalue weighted by Gasteiger charge is 2.25. The van der Waals surface area contributed by atoms with E-state index in [-0.39, 0.29) is 23.7 Å². The molecule has 0 aliphatic rings. The highest BCUT2D eigenvalue weighted by atomic mass is 16.5. The number of esters is 1. The summed E-state index contributed by atoms with van der Waals surface area (Å²) < 4.78 is 5.44. The molecule has 5 nitrogen and oxygen atoms in total. The summed E-state index contributed by atoms with van der Waals surface area (Å²) in [6.45, 7) is 4.02. The molecule has 0 atom stereocenters. The molecule has 1 aromatic heterocycles. The van der Waals surface area contributed by atoms with Crippen LogP contribution in [0.5, 0.6) is 5.75 Å². The second-order valence-corrected chi connectivity index (χ2v) is 7.12. The predicted molar refractivity (Wildman–Crippen MR) is 108 cm³/mol. The van der Waals surface area contributed by atoms with E-state index >= 15 is 0 Å². The summed E-state index contributed by atoms with van der Waals surface area (Å²) in [6, 6.07) is 19.8. The molecule has 5 heteroatoms. The largest absolute Gasteiger partial charge is 0.427 e. The van der Waals surface area contributed by atoms with Crippen molar-refractivity contribution in [1.82, 2.24) is 4.98 Å². The first-order chi connectivity index (χ1) is 13.4. The topological polar surface area (TPSA) is 68.3 Å². The van der Waals surface area contributed by atoms with Crippen LogP contribution in [0.2, 0.25) is 0 Å². The summed E-state index contributed by atoms with van der Waals surface area (Å²) in [5, 5.41) is 2.76. The molecule has 1 amide bonds. The molecule has 142 valence electrons. The Kier molecular flexibility index (Phi) is 5.84. The highest BCUT2D eigenvalue weighted by molar-refractivity contribution is 6.04. The average molecular weight is 374 g/mol. The Labute approximate surface area is 164 Å². The molecule has 0 fully saturated rings. The smallest absolute Gasteiger partial charge is 0.312 e. The van der Waals surface area contributed by atoms with Crippen LogP contribution in [0.25, 0.3) is 0 Å². The minimum absolute atomic E-state index is 0.250. The predicted octanol–water partition coefficient (Wildman–Crippen LogP) is 4.61. The molecule has 28 heavy (non-hydrogen) atoms. The fourth-order valence-electron chi connectivity index (χ4n) is 2.83. The number of carbonyl (C=O) groups excluding carboxylic acids is 2. The van der Waals surface area contributed by atoms with Gasteiger partial charge in [-0.3, -0.25) is 14.6 Å². The van der Waals surface area contributed by atoms with Gasteiger partial charge >= 0.3 is 5.97 Å². The maximum Gasteiger partial charge on any atom is 0.312 e. The van der Waals surface area contributed by atoms with Gasteiger partial charge in [0.05, 0.1) is 18.3 Å².